The summed E-state index contributed by atoms with van der Waals surface area (Å²) in [5.41, 5.74) is 4.71. The third-order valence-corrected chi connectivity index (χ3v) is 0.414. The van der Waals surface area contributed by atoms with E-state index in [1.807, 2.05) is 0 Å². The average molecular weight is 100 g/mol. The number of nitrogens with two attached hydrogens (primary N) is 1. The van der Waals surface area contributed by atoms with E-state index in [0.717, 1.165) is 0 Å². The first kappa shape index (κ1) is 6.01. The van der Waals surface area contributed by atoms with Crippen molar-refractivity contribution >= 4 is 5.91 Å². The van der Waals surface area contributed by atoms with Crippen LogP contribution in [0.5, 0.6) is 0 Å². The molecule has 3 nitrogen and oxygen atoms in total. The van der Waals surface area contributed by atoms with E-state index in [2.05, 4.69) is 5.32 Å². The summed E-state index contributed by atoms with van der Waals surface area (Å²) in [7, 11) is 1.69. The van der Waals surface area contributed by atoms with E-state index in [-0.39, 0.29) is 0 Å². The van der Waals surface area contributed by atoms with Crippen molar-refractivity contribution in [3.8, 4) is 0 Å². The van der Waals surface area contributed by atoms with E-state index in [1.54, 1.807) is 7.05 Å². The Bertz CT molecular complexity index is 87.7. The highest BCUT2D eigenvalue weighted by Gasteiger charge is 1.75. The SMILES string of the molecule is CN/C=C/C(N)=O. The van der Waals surface area contributed by atoms with Gasteiger partial charge in [0.1, 0.15) is 0 Å². The van der Waals surface area contributed by atoms with Crippen LogP contribution in [0.25, 0.3) is 0 Å². The maximum atomic E-state index is 9.85. The number of amides is 1. The predicted molar refractivity (Wildman–Crippen MR) is 27.4 cm³/mol. The minimum absolute atomic E-state index is 0.436. The molecule has 3 N–H and O–H groups in total. The molecule has 0 aliphatic carbocycles. The lowest BCUT2D eigenvalue weighted by Gasteiger charge is -1.79. The molecule has 0 aromatic carbocycles. The molecule has 40 valence electrons. The van der Waals surface area contributed by atoms with Gasteiger partial charge in [0.25, 0.3) is 0 Å². The highest BCUT2D eigenvalue weighted by molar-refractivity contribution is 5.85. The van der Waals surface area contributed by atoms with Gasteiger partial charge < -0.3 is 11.1 Å². The van der Waals surface area contributed by atoms with Crippen molar-refractivity contribution < 1.29 is 4.79 Å². The maximum absolute atomic E-state index is 9.85. The van der Waals surface area contributed by atoms with Gasteiger partial charge in [0, 0.05) is 19.3 Å². The number of carbonyl (C=O) groups excluding carboxylic acids is 1. The zero-order valence-electron chi connectivity index (χ0n) is 4.14. The summed E-state index contributed by atoms with van der Waals surface area (Å²) in [5.74, 6) is -0.436. The summed E-state index contributed by atoms with van der Waals surface area (Å²) in [6.45, 7) is 0. The normalized spacial score (nSPS) is 9.29. The van der Waals surface area contributed by atoms with E-state index >= 15 is 0 Å². The number of hydrogen-bond donors (Lipinski definition) is 2. The molecule has 0 saturated carbocycles. The summed E-state index contributed by atoms with van der Waals surface area (Å²) < 4.78 is 0. The molecule has 0 saturated heterocycles. The molecule has 7 heavy (non-hydrogen) atoms. The second kappa shape index (κ2) is 3.21. The lowest BCUT2D eigenvalue weighted by molar-refractivity contribution is -0.113. The zero-order chi connectivity index (χ0) is 5.70. The van der Waals surface area contributed by atoms with Gasteiger partial charge in [-0.05, 0) is 0 Å². The fraction of sp³-hybridized carbons (Fsp3) is 0.250. The Hall–Kier alpha value is -0.990. The molecule has 0 aliphatic rings. The Labute approximate surface area is 42.2 Å². The Morgan fingerprint density at radius 1 is 1.86 bits per heavy atom. The van der Waals surface area contributed by atoms with Crippen molar-refractivity contribution in [2.75, 3.05) is 7.05 Å². The minimum atomic E-state index is -0.436. The summed E-state index contributed by atoms with van der Waals surface area (Å²) in [6.07, 6.45) is 2.72. The lowest BCUT2D eigenvalue weighted by Crippen LogP contribution is -2.07. The molecule has 0 aromatic heterocycles. The molecule has 1 amide bonds. The van der Waals surface area contributed by atoms with Gasteiger partial charge in [-0.1, -0.05) is 0 Å². The molecule has 0 bridgehead atoms. The molecule has 0 aliphatic heterocycles. The summed E-state index contributed by atoms with van der Waals surface area (Å²) >= 11 is 0. The average Bonchev–Trinajstić information content (AvgIpc) is 1.61. The lowest BCUT2D eigenvalue weighted by atomic mass is 10.6. The standard InChI is InChI=1S/C4H8N2O/c1-6-3-2-4(5)7/h2-3,6H,1H3,(H2,5,7)/b3-2+. The molecular weight excluding hydrogens is 92.1 g/mol. The van der Waals surface area contributed by atoms with Gasteiger partial charge in [0.2, 0.25) is 5.91 Å². The first-order chi connectivity index (χ1) is 3.27. The van der Waals surface area contributed by atoms with Gasteiger partial charge in [0.15, 0.2) is 0 Å². The Balaban J connectivity index is 3.26. The van der Waals surface area contributed by atoms with Crippen LogP contribution in [0.15, 0.2) is 12.3 Å². The van der Waals surface area contributed by atoms with Gasteiger partial charge in [-0.2, -0.15) is 0 Å². The fourth-order valence-electron chi connectivity index (χ4n) is 0.165. The van der Waals surface area contributed by atoms with Crippen molar-refractivity contribution in [1.29, 1.82) is 0 Å². The highest BCUT2D eigenvalue weighted by Crippen LogP contribution is 1.59. The smallest absolute Gasteiger partial charge is 0.242 e. The van der Waals surface area contributed by atoms with Crippen LogP contribution >= 0.6 is 0 Å². The molecule has 3 heteroatoms. The quantitative estimate of drug-likeness (QED) is 0.446. The first-order valence-corrected chi connectivity index (χ1v) is 1.90. The largest absolute Gasteiger partial charge is 0.394 e. The van der Waals surface area contributed by atoms with Crippen LogP contribution in [0.1, 0.15) is 0 Å². The summed E-state index contributed by atoms with van der Waals surface area (Å²) in [5, 5.41) is 2.62. The van der Waals surface area contributed by atoms with Crippen molar-refractivity contribution in [2.24, 2.45) is 5.73 Å². The van der Waals surface area contributed by atoms with Crippen molar-refractivity contribution in [2.45, 2.75) is 0 Å². The van der Waals surface area contributed by atoms with Crippen molar-refractivity contribution in [3.05, 3.63) is 12.3 Å². The number of carbonyl (C=O) groups is 1. The van der Waals surface area contributed by atoms with Crippen LogP contribution in [0, 0.1) is 0 Å². The second-order valence-corrected chi connectivity index (χ2v) is 1.02. The minimum Gasteiger partial charge on any atom is -0.394 e. The van der Waals surface area contributed by atoms with E-state index in [0.29, 0.717) is 0 Å². The summed E-state index contributed by atoms with van der Waals surface area (Å²) in [4.78, 5) is 9.85. The Kier molecular flexibility index (Phi) is 2.76. The maximum Gasteiger partial charge on any atom is 0.242 e. The van der Waals surface area contributed by atoms with Crippen LogP contribution in [0.2, 0.25) is 0 Å². The molecular formula is C4H8N2O. The van der Waals surface area contributed by atoms with Crippen LogP contribution in [-0.4, -0.2) is 13.0 Å². The second-order valence-electron chi connectivity index (χ2n) is 1.02. The molecule has 0 heterocycles. The topological polar surface area (TPSA) is 55.1 Å². The number of primary amides is 1. The van der Waals surface area contributed by atoms with Crippen LogP contribution < -0.4 is 11.1 Å². The Morgan fingerprint density at radius 3 is 2.57 bits per heavy atom. The first-order valence-electron chi connectivity index (χ1n) is 1.90. The van der Waals surface area contributed by atoms with Crippen molar-refractivity contribution in [3.63, 3.8) is 0 Å². The molecule has 0 aromatic rings. The van der Waals surface area contributed by atoms with Crippen LogP contribution in [0.3, 0.4) is 0 Å². The highest BCUT2D eigenvalue weighted by atomic mass is 16.1. The third kappa shape index (κ3) is 5.01. The molecule has 0 unspecified atom stereocenters. The number of hydrogen-bond acceptors (Lipinski definition) is 2. The predicted octanol–water partition coefficient (Wildman–Crippen LogP) is -0.795. The molecule has 0 atom stereocenters. The molecule has 0 fully saturated rings. The van der Waals surface area contributed by atoms with Crippen molar-refractivity contribution in [1.82, 2.24) is 5.32 Å². The molecule has 0 radical (unpaired) electrons. The van der Waals surface area contributed by atoms with Gasteiger partial charge in [0.05, 0.1) is 0 Å². The van der Waals surface area contributed by atoms with E-state index in [4.69, 9.17) is 5.73 Å². The summed E-state index contributed by atoms with van der Waals surface area (Å²) in [6, 6.07) is 0. The third-order valence-electron chi connectivity index (χ3n) is 0.414. The van der Waals surface area contributed by atoms with Gasteiger partial charge in [-0.3, -0.25) is 4.79 Å². The Morgan fingerprint density at radius 2 is 2.43 bits per heavy atom. The van der Waals surface area contributed by atoms with Crippen LogP contribution in [0.4, 0.5) is 0 Å². The van der Waals surface area contributed by atoms with Gasteiger partial charge >= 0.3 is 0 Å². The van der Waals surface area contributed by atoms with Gasteiger partial charge in [-0.15, -0.1) is 0 Å². The number of nitrogens with one attached hydrogen (secondary N) is 1. The fourth-order valence-corrected chi connectivity index (χ4v) is 0.165. The number of rotatable bonds is 2. The van der Waals surface area contributed by atoms with E-state index in [1.165, 1.54) is 12.3 Å². The van der Waals surface area contributed by atoms with Gasteiger partial charge in [-0.25, -0.2) is 0 Å². The zero-order valence-corrected chi connectivity index (χ0v) is 4.14. The van der Waals surface area contributed by atoms with E-state index < -0.39 is 5.91 Å². The monoisotopic (exact) mass is 100 g/mol. The van der Waals surface area contributed by atoms with E-state index in [9.17, 15) is 4.79 Å². The van der Waals surface area contributed by atoms with Crippen LogP contribution in [-0.2, 0) is 4.79 Å². The molecule has 0 rings (SSSR count). The molecule has 0 spiro atoms.